The fourth-order valence-electron chi connectivity index (χ4n) is 2.84. The van der Waals surface area contributed by atoms with Gasteiger partial charge in [-0.25, -0.2) is 0 Å². The largest absolute Gasteiger partial charge is 0.501 e. The van der Waals surface area contributed by atoms with E-state index in [0.717, 1.165) is 6.61 Å². The van der Waals surface area contributed by atoms with Gasteiger partial charge in [-0.15, -0.1) is 0 Å². The summed E-state index contributed by atoms with van der Waals surface area (Å²) in [7, 11) is 0. The number of hydrogen-bond donors (Lipinski definition) is 0. The predicted octanol–water partition coefficient (Wildman–Crippen LogP) is 5.52. The van der Waals surface area contributed by atoms with Crippen LogP contribution in [0.2, 0.25) is 0 Å². The van der Waals surface area contributed by atoms with Crippen molar-refractivity contribution in [2.45, 2.75) is 65.2 Å². The van der Waals surface area contributed by atoms with Gasteiger partial charge in [0.25, 0.3) is 0 Å². The molecule has 1 aliphatic carbocycles. The zero-order valence-corrected chi connectivity index (χ0v) is 13.1. The van der Waals surface area contributed by atoms with Gasteiger partial charge in [0.1, 0.15) is 0 Å². The normalized spacial score (nSPS) is 15.0. The van der Waals surface area contributed by atoms with Crippen LogP contribution in [0.25, 0.3) is 5.57 Å². The van der Waals surface area contributed by atoms with Gasteiger partial charge in [0.2, 0.25) is 0 Å². The van der Waals surface area contributed by atoms with Crippen molar-refractivity contribution in [1.82, 2.24) is 0 Å². The minimum atomic E-state index is 0.849. The number of aryl methyl sites for hydroxylation is 2. The molecule has 0 N–H and O–H groups in total. The zero-order chi connectivity index (χ0) is 14.2. The van der Waals surface area contributed by atoms with Gasteiger partial charge in [0.05, 0.1) is 12.9 Å². The molecule has 1 aromatic carbocycles. The highest BCUT2D eigenvalue weighted by Crippen LogP contribution is 2.25. The van der Waals surface area contributed by atoms with Crippen molar-refractivity contribution in [3.8, 4) is 0 Å². The monoisotopic (exact) mass is 272 g/mol. The molecule has 2 rings (SSSR count). The maximum absolute atomic E-state index is 5.68. The van der Waals surface area contributed by atoms with Crippen molar-refractivity contribution in [3.63, 3.8) is 0 Å². The summed E-state index contributed by atoms with van der Waals surface area (Å²) in [6, 6.07) is 6.92. The second kappa shape index (κ2) is 8.14. The standard InChI is InChI=1S/C19H28O/c1-3-4-5-8-13-20-15-16(2)18-12-11-17-9-6-7-10-19(17)14-18/h11-12,14-15H,3-10,13H2,1-2H3/b16-15+. The molecule has 0 aromatic heterocycles. The Bertz CT molecular complexity index is 445. The van der Waals surface area contributed by atoms with E-state index >= 15 is 0 Å². The van der Waals surface area contributed by atoms with Crippen molar-refractivity contribution in [2.75, 3.05) is 6.61 Å². The van der Waals surface area contributed by atoms with Gasteiger partial charge in [-0.3, -0.25) is 0 Å². The van der Waals surface area contributed by atoms with Crippen molar-refractivity contribution >= 4 is 5.57 Å². The van der Waals surface area contributed by atoms with E-state index in [9.17, 15) is 0 Å². The van der Waals surface area contributed by atoms with Crippen LogP contribution in [0.15, 0.2) is 24.5 Å². The van der Waals surface area contributed by atoms with E-state index in [1.54, 1.807) is 11.1 Å². The van der Waals surface area contributed by atoms with E-state index in [-0.39, 0.29) is 0 Å². The molecule has 0 radical (unpaired) electrons. The maximum atomic E-state index is 5.68. The van der Waals surface area contributed by atoms with Gasteiger partial charge in [-0.2, -0.15) is 0 Å². The minimum absolute atomic E-state index is 0.849. The second-order valence-electron chi connectivity index (χ2n) is 5.92. The third kappa shape index (κ3) is 4.40. The van der Waals surface area contributed by atoms with Crippen LogP contribution < -0.4 is 0 Å². The lowest BCUT2D eigenvalue weighted by Gasteiger charge is -2.16. The molecular weight excluding hydrogens is 244 g/mol. The van der Waals surface area contributed by atoms with Gasteiger partial charge in [0.15, 0.2) is 0 Å². The summed E-state index contributed by atoms with van der Waals surface area (Å²) in [5.41, 5.74) is 5.66. The number of hydrogen-bond acceptors (Lipinski definition) is 1. The Morgan fingerprint density at radius 2 is 1.90 bits per heavy atom. The van der Waals surface area contributed by atoms with Crippen LogP contribution in [0.4, 0.5) is 0 Å². The molecule has 0 fully saturated rings. The molecule has 0 atom stereocenters. The van der Waals surface area contributed by atoms with E-state index in [0.29, 0.717) is 0 Å². The molecule has 20 heavy (non-hydrogen) atoms. The molecule has 0 heterocycles. The van der Waals surface area contributed by atoms with Crippen molar-refractivity contribution in [1.29, 1.82) is 0 Å². The van der Waals surface area contributed by atoms with Gasteiger partial charge in [-0.05, 0) is 61.3 Å². The average Bonchev–Trinajstić information content (AvgIpc) is 2.50. The van der Waals surface area contributed by atoms with Crippen LogP contribution >= 0.6 is 0 Å². The number of benzene rings is 1. The van der Waals surface area contributed by atoms with Gasteiger partial charge in [0, 0.05) is 0 Å². The maximum Gasteiger partial charge on any atom is 0.0873 e. The molecule has 1 heteroatoms. The lowest BCUT2D eigenvalue weighted by Crippen LogP contribution is -2.02. The van der Waals surface area contributed by atoms with Gasteiger partial charge < -0.3 is 4.74 Å². The molecule has 0 saturated carbocycles. The molecule has 0 aliphatic heterocycles. The lowest BCUT2D eigenvalue weighted by molar-refractivity contribution is 0.242. The smallest absolute Gasteiger partial charge is 0.0873 e. The number of ether oxygens (including phenoxy) is 1. The number of fused-ring (bicyclic) bond motifs is 1. The van der Waals surface area contributed by atoms with E-state index in [4.69, 9.17) is 4.74 Å². The molecule has 1 nitrogen and oxygen atoms in total. The van der Waals surface area contributed by atoms with E-state index in [1.165, 1.54) is 62.5 Å². The van der Waals surface area contributed by atoms with Crippen molar-refractivity contribution in [3.05, 3.63) is 41.2 Å². The SMILES string of the molecule is CCCCCCO/C=C(\C)c1ccc2c(c1)CCCC2. The third-order valence-electron chi connectivity index (χ3n) is 4.18. The number of allylic oxidation sites excluding steroid dienone is 1. The Morgan fingerprint density at radius 1 is 1.10 bits per heavy atom. The van der Waals surface area contributed by atoms with Crippen LogP contribution in [0.1, 0.15) is 69.1 Å². The minimum Gasteiger partial charge on any atom is -0.501 e. The molecule has 0 unspecified atom stereocenters. The highest BCUT2D eigenvalue weighted by Gasteiger charge is 2.09. The van der Waals surface area contributed by atoms with Gasteiger partial charge >= 0.3 is 0 Å². The van der Waals surface area contributed by atoms with Crippen LogP contribution in [-0.2, 0) is 17.6 Å². The first-order valence-electron chi connectivity index (χ1n) is 8.22. The molecule has 110 valence electrons. The molecule has 1 aromatic rings. The molecule has 0 amide bonds. The summed E-state index contributed by atoms with van der Waals surface area (Å²) in [4.78, 5) is 0. The molecule has 0 spiro atoms. The van der Waals surface area contributed by atoms with Crippen LogP contribution in [0.5, 0.6) is 0 Å². The Hall–Kier alpha value is -1.24. The Morgan fingerprint density at radius 3 is 2.70 bits per heavy atom. The van der Waals surface area contributed by atoms with Crippen LogP contribution in [0.3, 0.4) is 0 Å². The summed E-state index contributed by atoms with van der Waals surface area (Å²) >= 11 is 0. The van der Waals surface area contributed by atoms with E-state index in [1.807, 2.05) is 6.26 Å². The molecule has 0 bridgehead atoms. The fourth-order valence-corrected chi connectivity index (χ4v) is 2.84. The lowest BCUT2D eigenvalue weighted by atomic mass is 9.89. The summed E-state index contributed by atoms with van der Waals surface area (Å²) in [6.07, 6.45) is 12.2. The highest BCUT2D eigenvalue weighted by molar-refractivity contribution is 5.64. The highest BCUT2D eigenvalue weighted by atomic mass is 16.5. The Kier molecular flexibility index (Phi) is 6.17. The summed E-state index contributed by atoms with van der Waals surface area (Å²) in [5.74, 6) is 0. The number of unbranched alkanes of at least 4 members (excludes halogenated alkanes) is 3. The van der Waals surface area contributed by atoms with Crippen LogP contribution in [0, 0.1) is 0 Å². The first-order chi connectivity index (χ1) is 9.81. The topological polar surface area (TPSA) is 9.23 Å². The van der Waals surface area contributed by atoms with Crippen LogP contribution in [-0.4, -0.2) is 6.61 Å². The quantitative estimate of drug-likeness (QED) is 0.469. The first kappa shape index (κ1) is 15.2. The molecular formula is C19H28O. The molecule has 1 aliphatic rings. The van der Waals surface area contributed by atoms with Crippen molar-refractivity contribution < 1.29 is 4.74 Å². The zero-order valence-electron chi connectivity index (χ0n) is 13.1. The van der Waals surface area contributed by atoms with Gasteiger partial charge in [-0.1, -0.05) is 44.4 Å². The summed E-state index contributed by atoms with van der Waals surface area (Å²) in [6.45, 7) is 5.24. The Labute approximate surface area is 124 Å². The van der Waals surface area contributed by atoms with E-state index < -0.39 is 0 Å². The first-order valence-corrected chi connectivity index (χ1v) is 8.22. The fraction of sp³-hybridized carbons (Fsp3) is 0.579. The van der Waals surface area contributed by atoms with E-state index in [2.05, 4.69) is 32.0 Å². The Balaban J connectivity index is 1.86. The summed E-state index contributed by atoms with van der Waals surface area (Å²) in [5, 5.41) is 0. The predicted molar refractivity (Wildman–Crippen MR) is 86.8 cm³/mol. The molecule has 0 saturated heterocycles. The second-order valence-corrected chi connectivity index (χ2v) is 5.92. The third-order valence-corrected chi connectivity index (χ3v) is 4.18. The number of rotatable bonds is 7. The summed E-state index contributed by atoms with van der Waals surface area (Å²) < 4.78 is 5.68. The average molecular weight is 272 g/mol. The van der Waals surface area contributed by atoms with Crippen molar-refractivity contribution in [2.24, 2.45) is 0 Å².